The molecule has 0 spiro atoms. The van der Waals surface area contributed by atoms with E-state index in [1.54, 1.807) is 44.2 Å². The highest BCUT2D eigenvalue weighted by molar-refractivity contribution is 5.98. The van der Waals surface area contributed by atoms with E-state index in [2.05, 4.69) is 10.6 Å². The molecule has 0 fully saturated rings. The quantitative estimate of drug-likeness (QED) is 0.582. The van der Waals surface area contributed by atoms with Crippen molar-refractivity contribution in [1.82, 2.24) is 10.6 Å². The van der Waals surface area contributed by atoms with E-state index < -0.39 is 24.0 Å². The van der Waals surface area contributed by atoms with Gasteiger partial charge in [0.25, 0.3) is 5.91 Å². The molecule has 1 rings (SSSR count). The van der Waals surface area contributed by atoms with Crippen LogP contribution in [0.2, 0.25) is 0 Å². The van der Waals surface area contributed by atoms with Crippen molar-refractivity contribution in [2.24, 2.45) is 0 Å². The molecule has 0 saturated heterocycles. The van der Waals surface area contributed by atoms with Crippen molar-refractivity contribution in [2.75, 3.05) is 6.61 Å². The molecule has 0 radical (unpaired) electrons. The lowest BCUT2D eigenvalue weighted by Crippen LogP contribution is -2.46. The number of benzene rings is 1. The van der Waals surface area contributed by atoms with Gasteiger partial charge >= 0.3 is 12.0 Å². The van der Waals surface area contributed by atoms with E-state index in [9.17, 15) is 14.4 Å². The highest BCUT2D eigenvalue weighted by Gasteiger charge is 2.19. The smallest absolute Gasteiger partial charge is 0.331 e. The molecule has 0 bridgehead atoms. The van der Waals surface area contributed by atoms with Crippen molar-refractivity contribution in [3.05, 3.63) is 35.9 Å². The van der Waals surface area contributed by atoms with E-state index in [1.165, 1.54) is 13.0 Å². The third-order valence-corrected chi connectivity index (χ3v) is 2.92. The number of esters is 1. The van der Waals surface area contributed by atoms with Crippen LogP contribution in [0.15, 0.2) is 30.3 Å². The van der Waals surface area contributed by atoms with Gasteiger partial charge in [-0.2, -0.15) is 0 Å². The highest BCUT2D eigenvalue weighted by atomic mass is 16.5. The Labute approximate surface area is 147 Å². The molecule has 136 valence electrons. The van der Waals surface area contributed by atoms with Crippen LogP contribution in [0.3, 0.4) is 0 Å². The summed E-state index contributed by atoms with van der Waals surface area (Å²) in [7, 11) is 0. The zero-order chi connectivity index (χ0) is 18.8. The van der Waals surface area contributed by atoms with Crippen molar-refractivity contribution in [1.29, 1.82) is 0 Å². The van der Waals surface area contributed by atoms with Crippen molar-refractivity contribution < 1.29 is 23.9 Å². The van der Waals surface area contributed by atoms with Gasteiger partial charge in [-0.3, -0.25) is 10.1 Å². The standard InChI is InChI=1S/C18H24N2O5/c1-5-24-15-9-6-14(7-10-15)8-11-16(21)25-13(4)17(22)20-18(23)19-12(2)3/h6-13H,5H2,1-4H3,(H2,19,20,22,23)/b11-8+/t13-/m0/s1. The van der Waals surface area contributed by atoms with E-state index in [0.29, 0.717) is 6.61 Å². The number of urea groups is 1. The van der Waals surface area contributed by atoms with Gasteiger partial charge in [0.1, 0.15) is 5.75 Å². The molecule has 7 nitrogen and oxygen atoms in total. The summed E-state index contributed by atoms with van der Waals surface area (Å²) in [4.78, 5) is 34.9. The minimum absolute atomic E-state index is 0.109. The molecule has 7 heteroatoms. The van der Waals surface area contributed by atoms with Gasteiger partial charge in [0.05, 0.1) is 6.61 Å². The Kier molecular flexibility index (Phi) is 8.18. The summed E-state index contributed by atoms with van der Waals surface area (Å²) in [6.07, 6.45) is 1.69. The Bertz CT molecular complexity index is 623. The van der Waals surface area contributed by atoms with E-state index in [4.69, 9.17) is 9.47 Å². The normalized spacial score (nSPS) is 11.9. The summed E-state index contributed by atoms with van der Waals surface area (Å²) in [5, 5.41) is 4.61. The summed E-state index contributed by atoms with van der Waals surface area (Å²) in [6, 6.07) is 6.42. The number of rotatable bonds is 7. The number of ether oxygens (including phenoxy) is 2. The van der Waals surface area contributed by atoms with Gasteiger partial charge in [0, 0.05) is 12.1 Å². The summed E-state index contributed by atoms with van der Waals surface area (Å²) in [5.74, 6) is -0.631. The minimum Gasteiger partial charge on any atom is -0.494 e. The lowest BCUT2D eigenvalue weighted by molar-refractivity contribution is -0.149. The number of carbonyl (C=O) groups excluding carboxylic acids is 3. The maximum absolute atomic E-state index is 11.8. The topological polar surface area (TPSA) is 93.7 Å². The molecular weight excluding hydrogens is 324 g/mol. The number of hydrogen-bond donors (Lipinski definition) is 2. The molecule has 0 saturated carbocycles. The van der Waals surface area contributed by atoms with Crippen LogP contribution in [0.1, 0.15) is 33.3 Å². The van der Waals surface area contributed by atoms with Crippen LogP contribution >= 0.6 is 0 Å². The Morgan fingerprint density at radius 2 is 1.76 bits per heavy atom. The molecule has 25 heavy (non-hydrogen) atoms. The molecule has 0 heterocycles. The maximum Gasteiger partial charge on any atom is 0.331 e. The largest absolute Gasteiger partial charge is 0.494 e. The van der Waals surface area contributed by atoms with E-state index in [0.717, 1.165) is 11.3 Å². The van der Waals surface area contributed by atoms with Crippen LogP contribution in [0.5, 0.6) is 5.75 Å². The molecule has 0 aliphatic carbocycles. The van der Waals surface area contributed by atoms with Gasteiger partial charge in [-0.15, -0.1) is 0 Å². The number of amides is 3. The third kappa shape index (κ3) is 8.01. The van der Waals surface area contributed by atoms with E-state index >= 15 is 0 Å². The van der Waals surface area contributed by atoms with Crippen molar-refractivity contribution in [3.63, 3.8) is 0 Å². The zero-order valence-corrected chi connectivity index (χ0v) is 14.9. The second kappa shape index (κ2) is 10.1. The fourth-order valence-corrected chi connectivity index (χ4v) is 1.78. The lowest BCUT2D eigenvalue weighted by Gasteiger charge is -2.13. The monoisotopic (exact) mass is 348 g/mol. The van der Waals surface area contributed by atoms with Crippen LogP contribution < -0.4 is 15.4 Å². The average molecular weight is 348 g/mol. The fraction of sp³-hybridized carbons (Fsp3) is 0.389. The van der Waals surface area contributed by atoms with Crippen LogP contribution in [0, 0.1) is 0 Å². The van der Waals surface area contributed by atoms with Crippen LogP contribution in [0.4, 0.5) is 4.79 Å². The second-order valence-corrected chi connectivity index (χ2v) is 5.53. The van der Waals surface area contributed by atoms with Crippen molar-refractivity contribution >= 4 is 24.0 Å². The van der Waals surface area contributed by atoms with Crippen LogP contribution in [-0.4, -0.2) is 36.7 Å². The Hall–Kier alpha value is -2.83. The first-order chi connectivity index (χ1) is 11.8. The molecule has 1 aromatic rings. The molecule has 1 aromatic carbocycles. The molecule has 0 aromatic heterocycles. The van der Waals surface area contributed by atoms with E-state index in [1.807, 2.05) is 6.92 Å². The van der Waals surface area contributed by atoms with Gasteiger partial charge in [0.2, 0.25) is 0 Å². The SMILES string of the molecule is CCOc1ccc(/C=C/C(=O)O[C@@H](C)C(=O)NC(=O)NC(C)C)cc1. The predicted octanol–water partition coefficient (Wildman–Crippen LogP) is 2.26. The summed E-state index contributed by atoms with van der Waals surface area (Å²) >= 11 is 0. The Morgan fingerprint density at radius 1 is 1.12 bits per heavy atom. The molecule has 0 aliphatic rings. The highest BCUT2D eigenvalue weighted by Crippen LogP contribution is 2.13. The first-order valence-electron chi connectivity index (χ1n) is 8.04. The Morgan fingerprint density at radius 3 is 2.32 bits per heavy atom. The van der Waals surface area contributed by atoms with Gasteiger partial charge < -0.3 is 14.8 Å². The van der Waals surface area contributed by atoms with Crippen LogP contribution in [-0.2, 0) is 14.3 Å². The van der Waals surface area contributed by atoms with E-state index in [-0.39, 0.29) is 6.04 Å². The molecule has 0 unspecified atom stereocenters. The first-order valence-corrected chi connectivity index (χ1v) is 8.04. The number of nitrogens with one attached hydrogen (secondary N) is 2. The predicted molar refractivity (Wildman–Crippen MR) is 94.0 cm³/mol. The lowest BCUT2D eigenvalue weighted by atomic mass is 10.2. The summed E-state index contributed by atoms with van der Waals surface area (Å²) in [5.41, 5.74) is 0.786. The number of carbonyl (C=O) groups is 3. The average Bonchev–Trinajstić information content (AvgIpc) is 2.53. The van der Waals surface area contributed by atoms with Crippen molar-refractivity contribution in [2.45, 2.75) is 39.8 Å². The van der Waals surface area contributed by atoms with Crippen LogP contribution in [0.25, 0.3) is 6.08 Å². The van der Waals surface area contributed by atoms with Gasteiger partial charge in [-0.25, -0.2) is 9.59 Å². The maximum atomic E-state index is 11.8. The molecule has 1 atom stereocenters. The van der Waals surface area contributed by atoms with Gasteiger partial charge in [-0.1, -0.05) is 12.1 Å². The van der Waals surface area contributed by atoms with Gasteiger partial charge in [-0.05, 0) is 51.5 Å². The second-order valence-electron chi connectivity index (χ2n) is 5.53. The molecule has 2 N–H and O–H groups in total. The first kappa shape index (κ1) is 20.2. The summed E-state index contributed by atoms with van der Waals surface area (Å²) < 4.78 is 10.3. The molecule has 0 aliphatic heterocycles. The minimum atomic E-state index is -1.09. The fourth-order valence-electron chi connectivity index (χ4n) is 1.78. The number of hydrogen-bond acceptors (Lipinski definition) is 5. The molecule has 3 amide bonds. The third-order valence-electron chi connectivity index (χ3n) is 2.92. The summed E-state index contributed by atoms with van der Waals surface area (Å²) in [6.45, 7) is 7.39. The molecular formula is C18H24N2O5. The van der Waals surface area contributed by atoms with Crippen molar-refractivity contribution in [3.8, 4) is 5.75 Å². The Balaban J connectivity index is 2.49. The zero-order valence-electron chi connectivity index (χ0n) is 14.9. The number of imide groups is 1. The van der Waals surface area contributed by atoms with Gasteiger partial charge in [0.15, 0.2) is 6.10 Å².